The molecule has 1 amide bonds. The minimum absolute atomic E-state index is 0.00217. The first-order valence-electron chi connectivity index (χ1n) is 8.77. The maximum atomic E-state index is 12.9. The van der Waals surface area contributed by atoms with Gasteiger partial charge in [-0.3, -0.25) is 14.9 Å². The van der Waals surface area contributed by atoms with E-state index >= 15 is 0 Å². The van der Waals surface area contributed by atoms with Crippen molar-refractivity contribution in [2.45, 2.75) is 11.8 Å². The van der Waals surface area contributed by atoms with Crippen molar-refractivity contribution in [2.75, 3.05) is 5.32 Å². The molecule has 134 valence electrons. The van der Waals surface area contributed by atoms with Crippen LogP contribution in [0.2, 0.25) is 0 Å². The first-order valence-corrected chi connectivity index (χ1v) is 8.77. The Morgan fingerprint density at radius 1 is 0.889 bits per heavy atom. The van der Waals surface area contributed by atoms with Crippen LogP contribution in [0.1, 0.15) is 17.5 Å². The minimum Gasteiger partial charge on any atom is -0.326 e. The Kier molecular flexibility index (Phi) is 4.20. The van der Waals surface area contributed by atoms with Gasteiger partial charge in [-0.25, -0.2) is 0 Å². The molecule has 1 fully saturated rings. The zero-order valence-electron chi connectivity index (χ0n) is 14.5. The SMILES string of the molecule is O=C(Nc1ccc([N+](=O)[O-])cc1)[C@@H]1CC1(c1ccccc1)c1ccccc1. The maximum absolute atomic E-state index is 12.9. The average Bonchev–Trinajstić information content (AvgIpc) is 3.47. The highest BCUT2D eigenvalue weighted by atomic mass is 16.6. The van der Waals surface area contributed by atoms with Gasteiger partial charge in [-0.1, -0.05) is 60.7 Å². The first-order chi connectivity index (χ1) is 13.1. The quantitative estimate of drug-likeness (QED) is 0.537. The molecule has 0 bridgehead atoms. The van der Waals surface area contributed by atoms with Gasteiger partial charge in [0, 0.05) is 23.2 Å². The van der Waals surface area contributed by atoms with Gasteiger partial charge in [-0.15, -0.1) is 0 Å². The molecule has 1 aliphatic rings. The topological polar surface area (TPSA) is 72.2 Å². The van der Waals surface area contributed by atoms with Crippen LogP contribution in [0.4, 0.5) is 11.4 Å². The molecule has 1 N–H and O–H groups in total. The Morgan fingerprint density at radius 2 is 1.41 bits per heavy atom. The van der Waals surface area contributed by atoms with Crippen LogP contribution in [-0.4, -0.2) is 10.8 Å². The summed E-state index contributed by atoms with van der Waals surface area (Å²) in [6.07, 6.45) is 0.736. The van der Waals surface area contributed by atoms with Gasteiger partial charge < -0.3 is 5.32 Å². The molecule has 3 aromatic carbocycles. The number of nitrogens with one attached hydrogen (secondary N) is 1. The molecule has 0 radical (unpaired) electrons. The summed E-state index contributed by atoms with van der Waals surface area (Å²) in [7, 11) is 0. The summed E-state index contributed by atoms with van der Waals surface area (Å²) in [6.45, 7) is 0. The Balaban J connectivity index is 1.60. The molecule has 0 spiro atoms. The Morgan fingerprint density at radius 3 is 1.89 bits per heavy atom. The number of hydrogen-bond acceptors (Lipinski definition) is 3. The van der Waals surface area contributed by atoms with Gasteiger partial charge >= 0.3 is 0 Å². The fraction of sp³-hybridized carbons (Fsp3) is 0.136. The molecule has 0 aromatic heterocycles. The Bertz CT molecular complexity index is 930. The molecule has 4 rings (SSSR count). The molecule has 1 saturated carbocycles. The van der Waals surface area contributed by atoms with Crippen LogP contribution in [0.15, 0.2) is 84.9 Å². The van der Waals surface area contributed by atoms with E-state index in [0.717, 1.165) is 17.5 Å². The number of carbonyl (C=O) groups is 1. The lowest BCUT2D eigenvalue weighted by atomic mass is 9.85. The smallest absolute Gasteiger partial charge is 0.269 e. The van der Waals surface area contributed by atoms with E-state index in [2.05, 4.69) is 29.6 Å². The summed E-state index contributed by atoms with van der Waals surface area (Å²) in [4.78, 5) is 23.2. The Labute approximate surface area is 156 Å². The van der Waals surface area contributed by atoms with Crippen LogP contribution in [0, 0.1) is 16.0 Å². The summed E-state index contributed by atoms with van der Waals surface area (Å²) in [5.41, 5.74) is 2.49. The molecule has 0 heterocycles. The fourth-order valence-corrected chi connectivity index (χ4v) is 3.75. The van der Waals surface area contributed by atoms with Crippen LogP contribution in [0.5, 0.6) is 0 Å². The number of nitro benzene ring substituents is 1. The van der Waals surface area contributed by atoms with Crippen molar-refractivity contribution < 1.29 is 9.72 Å². The highest BCUT2D eigenvalue weighted by Crippen LogP contribution is 2.59. The van der Waals surface area contributed by atoms with E-state index in [-0.39, 0.29) is 22.9 Å². The third kappa shape index (κ3) is 3.08. The predicted octanol–water partition coefficient (Wildman–Crippen LogP) is 4.54. The number of hydrogen-bond donors (Lipinski definition) is 1. The second-order valence-corrected chi connectivity index (χ2v) is 6.75. The predicted molar refractivity (Wildman–Crippen MR) is 103 cm³/mol. The average molecular weight is 358 g/mol. The largest absolute Gasteiger partial charge is 0.326 e. The second-order valence-electron chi connectivity index (χ2n) is 6.75. The molecule has 1 atom stereocenters. The van der Waals surface area contributed by atoms with Crippen molar-refractivity contribution in [3.63, 3.8) is 0 Å². The number of benzene rings is 3. The highest BCUT2D eigenvalue weighted by molar-refractivity contribution is 5.97. The molecule has 1 aliphatic carbocycles. The number of anilines is 1. The number of nitrogens with zero attached hydrogens (tertiary/aromatic N) is 1. The van der Waals surface area contributed by atoms with Crippen LogP contribution < -0.4 is 5.32 Å². The lowest BCUT2D eigenvalue weighted by molar-refractivity contribution is -0.384. The zero-order valence-corrected chi connectivity index (χ0v) is 14.5. The molecule has 0 unspecified atom stereocenters. The van der Waals surface area contributed by atoms with Gasteiger partial charge in [0.25, 0.3) is 5.69 Å². The lowest BCUT2D eigenvalue weighted by Crippen LogP contribution is -2.22. The normalized spacial score (nSPS) is 17.1. The van der Waals surface area contributed by atoms with Crippen molar-refractivity contribution in [1.29, 1.82) is 0 Å². The number of carbonyl (C=O) groups excluding carboxylic acids is 1. The standard InChI is InChI=1S/C22H18N2O3/c25-21(23-18-11-13-19(14-12-18)24(26)27)20-15-22(20,16-7-3-1-4-8-16)17-9-5-2-6-10-17/h1-14,20H,15H2,(H,23,25)/t20-/m0/s1. The van der Waals surface area contributed by atoms with E-state index in [1.165, 1.54) is 12.1 Å². The molecule has 3 aromatic rings. The van der Waals surface area contributed by atoms with Crippen LogP contribution in [0.3, 0.4) is 0 Å². The third-order valence-electron chi connectivity index (χ3n) is 5.20. The summed E-state index contributed by atoms with van der Waals surface area (Å²) in [5, 5.41) is 13.7. The maximum Gasteiger partial charge on any atom is 0.269 e. The summed E-state index contributed by atoms with van der Waals surface area (Å²) < 4.78 is 0. The summed E-state index contributed by atoms with van der Waals surface area (Å²) in [5.74, 6) is -0.256. The van der Waals surface area contributed by atoms with E-state index in [4.69, 9.17) is 0 Å². The van der Waals surface area contributed by atoms with Crippen LogP contribution in [0.25, 0.3) is 0 Å². The second kappa shape index (κ2) is 6.68. The first kappa shape index (κ1) is 17.0. The molecule has 5 heteroatoms. The fourth-order valence-electron chi connectivity index (χ4n) is 3.75. The van der Waals surface area contributed by atoms with Crippen molar-refractivity contribution in [3.8, 4) is 0 Å². The van der Waals surface area contributed by atoms with Crippen molar-refractivity contribution in [2.24, 2.45) is 5.92 Å². The number of non-ortho nitro benzene ring substituents is 1. The van der Waals surface area contributed by atoms with Crippen molar-refractivity contribution >= 4 is 17.3 Å². The minimum atomic E-state index is -0.456. The molecule has 0 aliphatic heterocycles. The van der Waals surface area contributed by atoms with Gasteiger partial charge in [-0.2, -0.15) is 0 Å². The van der Waals surface area contributed by atoms with Gasteiger partial charge in [0.1, 0.15) is 0 Å². The van der Waals surface area contributed by atoms with Gasteiger partial charge in [0.05, 0.1) is 10.8 Å². The van der Waals surface area contributed by atoms with E-state index in [9.17, 15) is 14.9 Å². The number of amides is 1. The van der Waals surface area contributed by atoms with Crippen LogP contribution >= 0.6 is 0 Å². The van der Waals surface area contributed by atoms with E-state index in [1.54, 1.807) is 12.1 Å². The van der Waals surface area contributed by atoms with Crippen molar-refractivity contribution in [3.05, 3.63) is 106 Å². The molecular formula is C22H18N2O3. The third-order valence-corrected chi connectivity index (χ3v) is 5.20. The highest BCUT2D eigenvalue weighted by Gasteiger charge is 2.60. The lowest BCUT2D eigenvalue weighted by Gasteiger charge is -2.19. The Hall–Kier alpha value is -3.47. The summed E-state index contributed by atoms with van der Waals surface area (Å²) in [6, 6.07) is 26.1. The van der Waals surface area contributed by atoms with E-state index in [1.807, 2.05) is 36.4 Å². The molecule has 27 heavy (non-hydrogen) atoms. The molecule has 0 saturated heterocycles. The molecule has 5 nitrogen and oxygen atoms in total. The molecular weight excluding hydrogens is 340 g/mol. The monoisotopic (exact) mass is 358 g/mol. The summed E-state index contributed by atoms with van der Waals surface area (Å²) >= 11 is 0. The van der Waals surface area contributed by atoms with E-state index < -0.39 is 4.92 Å². The van der Waals surface area contributed by atoms with E-state index in [0.29, 0.717) is 5.69 Å². The zero-order chi connectivity index (χ0) is 18.9. The van der Waals surface area contributed by atoms with Gasteiger partial charge in [0.2, 0.25) is 5.91 Å². The van der Waals surface area contributed by atoms with Crippen molar-refractivity contribution in [1.82, 2.24) is 0 Å². The number of rotatable bonds is 5. The van der Waals surface area contributed by atoms with Gasteiger partial charge in [-0.05, 0) is 29.7 Å². The van der Waals surface area contributed by atoms with Gasteiger partial charge in [0.15, 0.2) is 0 Å². The number of nitro groups is 1. The van der Waals surface area contributed by atoms with Crippen LogP contribution in [-0.2, 0) is 10.2 Å².